The first kappa shape index (κ1) is 14.7. The molecule has 106 valence electrons. The first-order chi connectivity index (χ1) is 9.65. The Kier molecular flexibility index (Phi) is 4.86. The summed E-state index contributed by atoms with van der Waals surface area (Å²) in [6, 6.07) is 7.37. The normalized spacial score (nSPS) is 15.8. The summed E-state index contributed by atoms with van der Waals surface area (Å²) in [5.41, 5.74) is 1.48. The molecule has 20 heavy (non-hydrogen) atoms. The second-order valence-electron chi connectivity index (χ2n) is 4.79. The summed E-state index contributed by atoms with van der Waals surface area (Å²) in [5.74, 6) is -0.110. The van der Waals surface area contributed by atoms with Crippen LogP contribution in [0.3, 0.4) is 0 Å². The van der Waals surface area contributed by atoms with Crippen LogP contribution >= 0.6 is 11.6 Å². The summed E-state index contributed by atoms with van der Waals surface area (Å²) in [4.78, 5) is 13.8. The predicted molar refractivity (Wildman–Crippen MR) is 77.7 cm³/mol. The number of halogens is 1. The molecular formula is C15H17ClN2O2. The zero-order chi connectivity index (χ0) is 14.5. The van der Waals surface area contributed by atoms with E-state index in [0.29, 0.717) is 17.2 Å². The number of ether oxygens (including phenoxy) is 1. The maximum absolute atomic E-state index is 11.7. The predicted octanol–water partition coefficient (Wildman–Crippen LogP) is 2.99. The lowest BCUT2D eigenvalue weighted by atomic mass is 9.96. The molecule has 0 aromatic heterocycles. The van der Waals surface area contributed by atoms with Gasteiger partial charge in [-0.3, -0.25) is 4.79 Å². The van der Waals surface area contributed by atoms with Gasteiger partial charge in [0.1, 0.15) is 0 Å². The van der Waals surface area contributed by atoms with Crippen molar-refractivity contribution in [3.63, 3.8) is 0 Å². The van der Waals surface area contributed by atoms with Gasteiger partial charge in [-0.05, 0) is 38.0 Å². The molecule has 0 unspecified atom stereocenters. The topological polar surface area (TPSA) is 53.3 Å². The fourth-order valence-corrected chi connectivity index (χ4v) is 2.75. The standard InChI is InChI=1S/C15H17ClN2O2/c1-2-20-15(19)12-5-7-18(8-6-12)14-4-3-11(10-17)9-13(14)16/h3-4,9,12H,2,5-8H2,1H3. The van der Waals surface area contributed by atoms with Gasteiger partial charge in [0.25, 0.3) is 0 Å². The minimum absolute atomic E-state index is 0.0108. The van der Waals surface area contributed by atoms with E-state index < -0.39 is 0 Å². The molecule has 1 aromatic rings. The second kappa shape index (κ2) is 6.62. The first-order valence-corrected chi connectivity index (χ1v) is 7.14. The van der Waals surface area contributed by atoms with Crippen LogP contribution in [-0.4, -0.2) is 25.7 Å². The van der Waals surface area contributed by atoms with E-state index in [9.17, 15) is 4.79 Å². The molecule has 0 saturated carbocycles. The lowest BCUT2D eigenvalue weighted by molar-refractivity contribution is -0.148. The molecule has 0 amide bonds. The van der Waals surface area contributed by atoms with E-state index in [4.69, 9.17) is 21.6 Å². The van der Waals surface area contributed by atoms with Gasteiger partial charge in [-0.15, -0.1) is 0 Å². The van der Waals surface area contributed by atoms with Gasteiger partial charge in [0.2, 0.25) is 0 Å². The molecule has 4 nitrogen and oxygen atoms in total. The highest BCUT2D eigenvalue weighted by molar-refractivity contribution is 6.33. The molecule has 0 N–H and O–H groups in total. The Balaban J connectivity index is 2.01. The van der Waals surface area contributed by atoms with E-state index in [2.05, 4.69) is 11.0 Å². The quantitative estimate of drug-likeness (QED) is 0.804. The molecule has 1 fully saturated rings. The third-order valence-electron chi connectivity index (χ3n) is 3.53. The Morgan fingerprint density at radius 2 is 2.20 bits per heavy atom. The van der Waals surface area contributed by atoms with E-state index in [0.717, 1.165) is 31.6 Å². The summed E-state index contributed by atoms with van der Waals surface area (Å²) in [7, 11) is 0. The number of hydrogen-bond acceptors (Lipinski definition) is 4. The van der Waals surface area contributed by atoms with Gasteiger partial charge in [0.15, 0.2) is 0 Å². The second-order valence-corrected chi connectivity index (χ2v) is 5.20. The van der Waals surface area contributed by atoms with E-state index in [-0.39, 0.29) is 11.9 Å². The van der Waals surface area contributed by atoms with Gasteiger partial charge in [-0.25, -0.2) is 0 Å². The minimum atomic E-state index is -0.0990. The summed E-state index contributed by atoms with van der Waals surface area (Å²) in [6.07, 6.45) is 1.55. The van der Waals surface area contributed by atoms with Gasteiger partial charge in [0, 0.05) is 13.1 Å². The molecule has 1 heterocycles. The molecule has 0 atom stereocenters. The Morgan fingerprint density at radius 3 is 2.75 bits per heavy atom. The fraction of sp³-hybridized carbons (Fsp3) is 0.467. The molecule has 5 heteroatoms. The van der Waals surface area contributed by atoms with Crippen LogP contribution in [0.5, 0.6) is 0 Å². The number of esters is 1. The number of nitriles is 1. The molecule has 1 saturated heterocycles. The van der Waals surface area contributed by atoms with Crippen molar-refractivity contribution in [2.45, 2.75) is 19.8 Å². The van der Waals surface area contributed by atoms with E-state index in [1.54, 1.807) is 12.1 Å². The summed E-state index contributed by atoms with van der Waals surface area (Å²) in [6.45, 7) is 3.80. The molecule has 1 aliphatic heterocycles. The minimum Gasteiger partial charge on any atom is -0.466 e. The maximum Gasteiger partial charge on any atom is 0.309 e. The molecule has 0 aliphatic carbocycles. The van der Waals surface area contributed by atoms with E-state index in [1.165, 1.54) is 0 Å². The average molecular weight is 293 g/mol. The molecule has 0 bridgehead atoms. The van der Waals surface area contributed by atoms with Crippen molar-refractivity contribution < 1.29 is 9.53 Å². The Hall–Kier alpha value is -1.73. The lowest BCUT2D eigenvalue weighted by Crippen LogP contribution is -2.37. The van der Waals surface area contributed by atoms with Crippen LogP contribution in [-0.2, 0) is 9.53 Å². The van der Waals surface area contributed by atoms with Crippen molar-refractivity contribution in [3.8, 4) is 6.07 Å². The molecule has 0 radical (unpaired) electrons. The number of hydrogen-bond donors (Lipinski definition) is 0. The number of rotatable bonds is 3. The third-order valence-corrected chi connectivity index (χ3v) is 3.84. The fourth-order valence-electron chi connectivity index (χ4n) is 2.45. The van der Waals surface area contributed by atoms with Crippen LogP contribution < -0.4 is 4.90 Å². The summed E-state index contributed by atoms with van der Waals surface area (Å²) < 4.78 is 5.06. The van der Waals surface area contributed by atoms with E-state index >= 15 is 0 Å². The summed E-state index contributed by atoms with van der Waals surface area (Å²) >= 11 is 6.21. The molecule has 1 aromatic carbocycles. The van der Waals surface area contributed by atoms with E-state index in [1.807, 2.05) is 13.0 Å². The average Bonchev–Trinajstić information content (AvgIpc) is 2.47. The molecule has 2 rings (SSSR count). The third kappa shape index (κ3) is 3.23. The largest absolute Gasteiger partial charge is 0.466 e. The van der Waals surface area contributed by atoms with Crippen molar-refractivity contribution in [1.82, 2.24) is 0 Å². The maximum atomic E-state index is 11.7. The SMILES string of the molecule is CCOC(=O)C1CCN(c2ccc(C#N)cc2Cl)CC1. The zero-order valence-corrected chi connectivity index (χ0v) is 12.2. The number of anilines is 1. The highest BCUT2D eigenvalue weighted by Crippen LogP contribution is 2.30. The van der Waals surface area contributed by atoms with Crippen LogP contribution in [0.4, 0.5) is 5.69 Å². The Labute approximate surface area is 123 Å². The van der Waals surface area contributed by atoms with Crippen LogP contribution in [0, 0.1) is 17.2 Å². The van der Waals surface area contributed by atoms with Crippen LogP contribution in [0.15, 0.2) is 18.2 Å². The Bertz CT molecular complexity index is 531. The van der Waals surface area contributed by atoms with Crippen LogP contribution in [0.1, 0.15) is 25.3 Å². The number of piperidine rings is 1. The van der Waals surface area contributed by atoms with Crippen LogP contribution in [0.2, 0.25) is 5.02 Å². The summed E-state index contributed by atoms with van der Waals surface area (Å²) in [5, 5.41) is 9.42. The van der Waals surface area contributed by atoms with Gasteiger partial charge >= 0.3 is 5.97 Å². The highest BCUT2D eigenvalue weighted by Gasteiger charge is 2.26. The first-order valence-electron chi connectivity index (χ1n) is 6.77. The van der Waals surface area contributed by atoms with Gasteiger partial charge in [-0.1, -0.05) is 11.6 Å². The molecule has 0 spiro atoms. The number of benzene rings is 1. The van der Waals surface area contributed by atoms with Crippen molar-refractivity contribution in [1.29, 1.82) is 5.26 Å². The smallest absolute Gasteiger partial charge is 0.309 e. The molecule has 1 aliphatic rings. The number of nitrogens with zero attached hydrogens (tertiary/aromatic N) is 2. The lowest BCUT2D eigenvalue weighted by Gasteiger charge is -2.33. The zero-order valence-electron chi connectivity index (χ0n) is 11.4. The number of carbonyl (C=O) groups excluding carboxylic acids is 1. The van der Waals surface area contributed by atoms with Gasteiger partial charge in [0.05, 0.1) is 34.9 Å². The van der Waals surface area contributed by atoms with Crippen molar-refractivity contribution in [2.24, 2.45) is 5.92 Å². The van der Waals surface area contributed by atoms with Crippen LogP contribution in [0.25, 0.3) is 0 Å². The highest BCUT2D eigenvalue weighted by atomic mass is 35.5. The Morgan fingerprint density at radius 1 is 1.50 bits per heavy atom. The van der Waals surface area contributed by atoms with Crippen molar-refractivity contribution >= 4 is 23.3 Å². The van der Waals surface area contributed by atoms with Crippen molar-refractivity contribution in [3.05, 3.63) is 28.8 Å². The van der Waals surface area contributed by atoms with Crippen molar-refractivity contribution in [2.75, 3.05) is 24.6 Å². The number of carbonyl (C=O) groups is 1. The van der Waals surface area contributed by atoms with Gasteiger partial charge < -0.3 is 9.64 Å². The molecular weight excluding hydrogens is 276 g/mol. The van der Waals surface area contributed by atoms with Gasteiger partial charge in [-0.2, -0.15) is 5.26 Å². The monoisotopic (exact) mass is 292 g/mol.